The fraction of sp³-hybridized carbons (Fsp3) is 0.294. The molecule has 0 fully saturated rings. The van der Waals surface area contributed by atoms with Gasteiger partial charge in [-0.15, -0.1) is 5.10 Å². The predicted molar refractivity (Wildman–Crippen MR) is 106 cm³/mol. The third-order valence-electron chi connectivity index (χ3n) is 3.69. The molecule has 0 saturated carbocycles. The van der Waals surface area contributed by atoms with E-state index in [0.717, 1.165) is 17.0 Å². The molecule has 2 heterocycles. The molecule has 0 aliphatic heterocycles. The fourth-order valence-corrected chi connectivity index (χ4v) is 3.07. The Bertz CT molecular complexity index is 1050. The van der Waals surface area contributed by atoms with Crippen LogP contribution < -0.4 is 9.47 Å². The molecular formula is C17H19ClN6O2S. The SMILES string of the molecule is CCOc1cc(/C=N\n2c(-n3nc(C)cc3C)n[nH]c2=S)cc(Cl)c1OC. The Kier molecular flexibility index (Phi) is 5.62. The van der Waals surface area contributed by atoms with Crippen molar-refractivity contribution in [2.24, 2.45) is 5.10 Å². The van der Waals surface area contributed by atoms with Gasteiger partial charge in [0.1, 0.15) is 0 Å². The number of aryl methyl sites for hydroxylation is 2. The lowest BCUT2D eigenvalue weighted by atomic mass is 10.2. The minimum absolute atomic E-state index is 0.346. The standard InChI is InChI=1S/C17H19ClN6O2S/c1-5-26-14-8-12(7-13(18)15(14)25-4)9-19-24-16(20-21-17(24)27)23-11(3)6-10(2)22-23/h6-9H,5H2,1-4H3,(H,21,27)/b19-9-. The van der Waals surface area contributed by atoms with Gasteiger partial charge >= 0.3 is 0 Å². The van der Waals surface area contributed by atoms with Gasteiger partial charge < -0.3 is 9.47 Å². The van der Waals surface area contributed by atoms with E-state index in [-0.39, 0.29) is 0 Å². The highest BCUT2D eigenvalue weighted by atomic mass is 35.5. The van der Waals surface area contributed by atoms with Crippen LogP contribution in [0.3, 0.4) is 0 Å². The van der Waals surface area contributed by atoms with Crippen molar-refractivity contribution in [3.05, 3.63) is 44.9 Å². The first-order valence-electron chi connectivity index (χ1n) is 8.20. The molecule has 3 aromatic rings. The summed E-state index contributed by atoms with van der Waals surface area (Å²) in [6.07, 6.45) is 1.62. The monoisotopic (exact) mass is 406 g/mol. The molecule has 8 nitrogen and oxygen atoms in total. The molecule has 0 aliphatic carbocycles. The maximum Gasteiger partial charge on any atom is 0.271 e. The molecule has 0 unspecified atom stereocenters. The molecule has 0 radical (unpaired) electrons. The Morgan fingerprint density at radius 3 is 2.74 bits per heavy atom. The number of methoxy groups -OCH3 is 1. The third-order valence-corrected chi connectivity index (χ3v) is 4.24. The molecule has 27 heavy (non-hydrogen) atoms. The first-order chi connectivity index (χ1) is 12.9. The van der Waals surface area contributed by atoms with E-state index >= 15 is 0 Å². The summed E-state index contributed by atoms with van der Waals surface area (Å²) in [5.41, 5.74) is 2.52. The molecule has 2 aromatic heterocycles. The van der Waals surface area contributed by atoms with Crippen molar-refractivity contribution in [3.63, 3.8) is 0 Å². The zero-order valence-corrected chi connectivity index (χ0v) is 16.9. The van der Waals surface area contributed by atoms with E-state index < -0.39 is 0 Å². The van der Waals surface area contributed by atoms with Gasteiger partial charge in [-0.25, -0.2) is 9.78 Å². The van der Waals surface area contributed by atoms with Crippen LogP contribution in [-0.2, 0) is 0 Å². The highest BCUT2D eigenvalue weighted by molar-refractivity contribution is 7.71. The van der Waals surface area contributed by atoms with Crippen molar-refractivity contribution in [1.29, 1.82) is 0 Å². The Balaban J connectivity index is 2.01. The third kappa shape index (κ3) is 3.88. The van der Waals surface area contributed by atoms with E-state index in [0.29, 0.717) is 33.8 Å². The van der Waals surface area contributed by atoms with Gasteiger partial charge in [-0.2, -0.15) is 14.9 Å². The normalized spacial score (nSPS) is 11.3. The van der Waals surface area contributed by atoms with Gasteiger partial charge in [0.05, 0.1) is 30.6 Å². The second-order valence-electron chi connectivity index (χ2n) is 5.69. The molecule has 0 spiro atoms. The number of halogens is 1. The van der Waals surface area contributed by atoms with Crippen LogP contribution >= 0.6 is 23.8 Å². The maximum atomic E-state index is 6.29. The summed E-state index contributed by atoms with van der Waals surface area (Å²) >= 11 is 11.6. The maximum absolute atomic E-state index is 6.29. The van der Waals surface area contributed by atoms with Gasteiger partial charge in [0.15, 0.2) is 11.5 Å². The Hall–Kier alpha value is -2.65. The van der Waals surface area contributed by atoms with Crippen LogP contribution in [0.15, 0.2) is 23.3 Å². The largest absolute Gasteiger partial charge is 0.491 e. The number of rotatable bonds is 6. The summed E-state index contributed by atoms with van der Waals surface area (Å²) in [6, 6.07) is 5.48. The Labute approximate surface area is 166 Å². The van der Waals surface area contributed by atoms with Crippen LogP contribution in [-0.4, -0.2) is 44.6 Å². The molecule has 0 aliphatic rings. The predicted octanol–water partition coefficient (Wildman–Crippen LogP) is 3.69. The molecule has 3 rings (SSSR count). The lowest BCUT2D eigenvalue weighted by Crippen LogP contribution is -2.07. The lowest BCUT2D eigenvalue weighted by Gasteiger charge is -2.11. The van der Waals surface area contributed by atoms with Crippen molar-refractivity contribution < 1.29 is 9.47 Å². The van der Waals surface area contributed by atoms with Crippen LogP contribution in [0.2, 0.25) is 5.02 Å². The van der Waals surface area contributed by atoms with Crippen molar-refractivity contribution in [1.82, 2.24) is 24.7 Å². The number of benzene rings is 1. The van der Waals surface area contributed by atoms with E-state index in [9.17, 15) is 0 Å². The van der Waals surface area contributed by atoms with Crippen LogP contribution in [0.1, 0.15) is 23.9 Å². The molecule has 10 heteroatoms. The molecule has 142 valence electrons. The van der Waals surface area contributed by atoms with Crippen LogP contribution in [0.4, 0.5) is 0 Å². The first kappa shape index (κ1) is 19.1. The van der Waals surface area contributed by atoms with Gasteiger partial charge in [0.2, 0.25) is 4.77 Å². The zero-order valence-electron chi connectivity index (χ0n) is 15.4. The minimum atomic E-state index is 0.346. The second kappa shape index (κ2) is 7.93. The number of ether oxygens (including phenoxy) is 2. The van der Waals surface area contributed by atoms with E-state index in [1.54, 1.807) is 30.1 Å². The number of hydrogen-bond acceptors (Lipinski definition) is 6. The molecular weight excluding hydrogens is 388 g/mol. The van der Waals surface area contributed by atoms with Crippen LogP contribution in [0.25, 0.3) is 5.95 Å². The Morgan fingerprint density at radius 2 is 2.11 bits per heavy atom. The topological polar surface area (TPSA) is 82.3 Å². The van der Waals surface area contributed by atoms with E-state index in [1.165, 1.54) is 4.68 Å². The summed E-state index contributed by atoms with van der Waals surface area (Å²) < 4.78 is 14.4. The Morgan fingerprint density at radius 1 is 1.33 bits per heavy atom. The summed E-state index contributed by atoms with van der Waals surface area (Å²) in [5, 5.41) is 16.3. The van der Waals surface area contributed by atoms with Crippen molar-refractivity contribution in [2.45, 2.75) is 20.8 Å². The molecule has 0 atom stereocenters. The van der Waals surface area contributed by atoms with E-state index in [4.69, 9.17) is 33.3 Å². The van der Waals surface area contributed by atoms with Gasteiger partial charge in [-0.3, -0.25) is 0 Å². The number of aromatic nitrogens is 5. The molecule has 0 saturated heterocycles. The molecule has 1 aromatic carbocycles. The van der Waals surface area contributed by atoms with E-state index in [1.807, 2.05) is 26.8 Å². The van der Waals surface area contributed by atoms with E-state index in [2.05, 4.69) is 20.4 Å². The summed E-state index contributed by atoms with van der Waals surface area (Å²) in [6.45, 7) is 6.22. The summed E-state index contributed by atoms with van der Waals surface area (Å²) in [7, 11) is 1.54. The van der Waals surface area contributed by atoms with Crippen molar-refractivity contribution >= 4 is 30.0 Å². The molecule has 0 amide bonds. The summed E-state index contributed by atoms with van der Waals surface area (Å²) in [5.74, 6) is 1.49. The lowest BCUT2D eigenvalue weighted by molar-refractivity contribution is 0.311. The van der Waals surface area contributed by atoms with Crippen molar-refractivity contribution in [2.75, 3.05) is 13.7 Å². The summed E-state index contributed by atoms with van der Waals surface area (Å²) in [4.78, 5) is 0. The van der Waals surface area contributed by atoms with Gasteiger partial charge in [-0.05, 0) is 56.8 Å². The fourth-order valence-electron chi connectivity index (χ4n) is 2.60. The van der Waals surface area contributed by atoms with Crippen LogP contribution in [0, 0.1) is 18.6 Å². The molecule has 1 N–H and O–H groups in total. The number of hydrogen-bond donors (Lipinski definition) is 1. The average molecular weight is 407 g/mol. The average Bonchev–Trinajstić information content (AvgIpc) is 3.14. The first-order valence-corrected chi connectivity index (χ1v) is 8.99. The number of aromatic amines is 1. The smallest absolute Gasteiger partial charge is 0.271 e. The zero-order chi connectivity index (χ0) is 19.6. The molecule has 0 bridgehead atoms. The van der Waals surface area contributed by atoms with Gasteiger partial charge in [0, 0.05) is 5.69 Å². The highest BCUT2D eigenvalue weighted by Crippen LogP contribution is 2.35. The highest BCUT2D eigenvalue weighted by Gasteiger charge is 2.13. The number of nitrogens with one attached hydrogen (secondary N) is 1. The quantitative estimate of drug-likeness (QED) is 0.498. The number of nitrogens with zero attached hydrogens (tertiary/aromatic N) is 5. The van der Waals surface area contributed by atoms with Crippen LogP contribution in [0.5, 0.6) is 11.5 Å². The van der Waals surface area contributed by atoms with Gasteiger partial charge in [0.25, 0.3) is 5.95 Å². The second-order valence-corrected chi connectivity index (χ2v) is 6.49. The number of H-pyrrole nitrogens is 1. The van der Waals surface area contributed by atoms with Gasteiger partial charge in [-0.1, -0.05) is 11.6 Å². The van der Waals surface area contributed by atoms with Crippen molar-refractivity contribution in [3.8, 4) is 17.4 Å². The minimum Gasteiger partial charge on any atom is -0.491 e.